The molecule has 51 heavy (non-hydrogen) atoms. The van der Waals surface area contributed by atoms with Crippen molar-refractivity contribution in [2.75, 3.05) is 17.6 Å². The van der Waals surface area contributed by atoms with Gasteiger partial charge < -0.3 is 18.5 Å². The van der Waals surface area contributed by atoms with E-state index in [1.54, 1.807) is 61.5 Å². The van der Waals surface area contributed by atoms with Crippen molar-refractivity contribution < 1.29 is 35.9 Å². The summed E-state index contributed by atoms with van der Waals surface area (Å²) in [7, 11) is -2.35. The summed E-state index contributed by atoms with van der Waals surface area (Å²) in [6, 6.07) is 22.1. The molecular weight excluding hydrogens is 679 g/mol. The lowest BCUT2D eigenvalue weighted by Crippen LogP contribution is -2.25. The summed E-state index contributed by atoms with van der Waals surface area (Å²) in [6.45, 7) is 1.90. The number of nitrogens with zero attached hydrogens (tertiary/aromatic N) is 4. The Morgan fingerprint density at radius 2 is 1.80 bits per heavy atom. The topological polar surface area (TPSA) is 117 Å². The van der Waals surface area contributed by atoms with Gasteiger partial charge in [-0.3, -0.25) is 9.10 Å². The molecule has 0 radical (unpaired) electrons. The second-order valence-electron chi connectivity index (χ2n) is 12.1. The van der Waals surface area contributed by atoms with E-state index in [0.717, 1.165) is 10.6 Å². The smallest absolute Gasteiger partial charge is 0.232 e. The van der Waals surface area contributed by atoms with Gasteiger partial charge in [-0.15, -0.1) is 0 Å². The Kier molecular flexibility index (Phi) is 7.60. The minimum atomic E-state index is -3.77. The highest BCUT2D eigenvalue weighted by Gasteiger charge is 2.28. The molecule has 7 aromatic rings. The van der Waals surface area contributed by atoms with E-state index in [2.05, 4.69) is 4.98 Å². The number of halogens is 2. The Balaban J connectivity index is 1.29. The summed E-state index contributed by atoms with van der Waals surface area (Å²) in [5.41, 5.74) is 3.88. The predicted molar refractivity (Wildman–Crippen MR) is 189 cm³/mol. The molecule has 10 nitrogen and oxygen atoms in total. The minimum absolute atomic E-state index is 0.163. The molecule has 256 valence electrons. The van der Waals surface area contributed by atoms with Gasteiger partial charge in [0, 0.05) is 53.7 Å². The highest BCUT2D eigenvalue weighted by Crippen LogP contribution is 2.44. The number of pyridine rings is 2. The first kappa shape index (κ1) is 32.1. The zero-order valence-electron chi connectivity index (χ0n) is 27.5. The fraction of sp³-hybridized carbons (Fsp3) is 0.132. The molecule has 8 rings (SSSR count). The van der Waals surface area contributed by atoms with Crippen LogP contribution in [0.4, 0.5) is 14.5 Å². The summed E-state index contributed by atoms with van der Waals surface area (Å²) in [4.78, 5) is 22.9. The van der Waals surface area contributed by atoms with Crippen LogP contribution in [0.5, 0.6) is 17.4 Å². The van der Waals surface area contributed by atoms with E-state index in [-0.39, 0.29) is 47.7 Å². The molecule has 3 aromatic carbocycles. The molecule has 0 saturated heterocycles. The standard InChI is InChI=1S/C38H28F2N4O6S/c1-4-32(45)36-26-16-25(28-13-14-33-37(42-28)31-17-24-27(40)6-5-7-29(24)44(31)20-48-33)30(43(2)51(3,46)47)18-34(26)50-38(36)21-8-15-35(41-19-21)49-23-11-9-22(39)10-12-23/h5-19H,4,20H2,1-3H3. The summed E-state index contributed by atoms with van der Waals surface area (Å²) in [5.74, 6) is 0.408. The molecule has 0 fully saturated rings. The number of furan rings is 1. The second-order valence-corrected chi connectivity index (χ2v) is 14.1. The molecule has 0 amide bonds. The van der Waals surface area contributed by atoms with Crippen LogP contribution >= 0.6 is 0 Å². The van der Waals surface area contributed by atoms with Gasteiger partial charge in [-0.25, -0.2) is 27.2 Å². The highest BCUT2D eigenvalue weighted by atomic mass is 32.2. The van der Waals surface area contributed by atoms with Crippen molar-refractivity contribution in [2.45, 2.75) is 20.1 Å². The number of ether oxygens (including phenoxy) is 2. The minimum Gasteiger partial charge on any atom is -0.470 e. The zero-order valence-corrected chi connectivity index (χ0v) is 28.3. The number of aromatic nitrogens is 3. The molecule has 0 N–H and O–H groups in total. The van der Waals surface area contributed by atoms with Crippen molar-refractivity contribution in [1.29, 1.82) is 0 Å². The maximum atomic E-state index is 14.8. The number of hydrogen-bond acceptors (Lipinski definition) is 8. The van der Waals surface area contributed by atoms with Crippen LogP contribution in [0.3, 0.4) is 0 Å². The molecule has 0 spiro atoms. The average Bonchev–Trinajstić information content (AvgIpc) is 3.71. The quantitative estimate of drug-likeness (QED) is 0.144. The number of sulfonamides is 1. The van der Waals surface area contributed by atoms with Crippen molar-refractivity contribution in [3.63, 3.8) is 0 Å². The number of carbonyl (C=O) groups excluding carboxylic acids is 1. The number of carbonyl (C=O) groups is 1. The van der Waals surface area contributed by atoms with Crippen LogP contribution < -0.4 is 13.8 Å². The van der Waals surface area contributed by atoms with Gasteiger partial charge in [-0.05, 0) is 66.7 Å². The first-order valence-electron chi connectivity index (χ1n) is 15.9. The lowest BCUT2D eigenvalue weighted by atomic mass is 9.98. The maximum absolute atomic E-state index is 14.8. The van der Waals surface area contributed by atoms with E-state index in [4.69, 9.17) is 18.9 Å². The van der Waals surface area contributed by atoms with E-state index in [0.29, 0.717) is 61.6 Å². The van der Waals surface area contributed by atoms with Crippen molar-refractivity contribution in [3.8, 4) is 51.3 Å². The summed E-state index contributed by atoms with van der Waals surface area (Å²) >= 11 is 0. The Hall–Kier alpha value is -6.08. The van der Waals surface area contributed by atoms with Crippen LogP contribution in [0.15, 0.2) is 95.5 Å². The van der Waals surface area contributed by atoms with Crippen molar-refractivity contribution >= 4 is 43.4 Å². The molecule has 5 heterocycles. The van der Waals surface area contributed by atoms with E-state index in [9.17, 15) is 22.0 Å². The zero-order chi connectivity index (χ0) is 35.6. The molecule has 1 aliphatic heterocycles. The van der Waals surface area contributed by atoms with Gasteiger partial charge in [0.05, 0.1) is 34.4 Å². The van der Waals surface area contributed by atoms with Crippen LogP contribution in [0, 0.1) is 11.6 Å². The number of hydrogen-bond donors (Lipinski definition) is 0. The largest absolute Gasteiger partial charge is 0.470 e. The Morgan fingerprint density at radius 3 is 2.53 bits per heavy atom. The van der Waals surface area contributed by atoms with Crippen LogP contribution in [-0.2, 0) is 16.8 Å². The first-order valence-corrected chi connectivity index (χ1v) is 17.7. The molecule has 4 aromatic heterocycles. The highest BCUT2D eigenvalue weighted by molar-refractivity contribution is 7.92. The summed E-state index contributed by atoms with van der Waals surface area (Å²) in [5, 5.41) is 0.879. The second kappa shape index (κ2) is 12.1. The SMILES string of the molecule is CCC(=O)c1c(-c2ccc(Oc3ccc(F)cc3)nc2)oc2cc(N(C)S(C)(=O)=O)c(-c3ccc4c(n3)-c3cc5c(F)cccc5n3CO4)cc12. The number of benzene rings is 3. The monoisotopic (exact) mass is 706 g/mol. The van der Waals surface area contributed by atoms with Crippen LogP contribution in [0.1, 0.15) is 23.7 Å². The fourth-order valence-corrected chi connectivity index (χ4v) is 6.75. The van der Waals surface area contributed by atoms with Crippen LogP contribution in [-0.4, -0.2) is 42.0 Å². The van der Waals surface area contributed by atoms with Gasteiger partial charge in [0.2, 0.25) is 15.9 Å². The molecular formula is C38H28F2N4O6S. The third kappa shape index (κ3) is 5.55. The summed E-state index contributed by atoms with van der Waals surface area (Å²) in [6.07, 6.45) is 2.75. The molecule has 0 unspecified atom stereocenters. The first-order chi connectivity index (χ1) is 24.5. The number of rotatable bonds is 8. The number of anilines is 1. The van der Waals surface area contributed by atoms with Gasteiger partial charge in [-0.1, -0.05) is 13.0 Å². The third-order valence-electron chi connectivity index (χ3n) is 8.90. The van der Waals surface area contributed by atoms with Crippen molar-refractivity contribution in [2.24, 2.45) is 0 Å². The van der Waals surface area contributed by atoms with Gasteiger partial charge in [-0.2, -0.15) is 0 Å². The Labute approximate surface area is 290 Å². The van der Waals surface area contributed by atoms with E-state index >= 15 is 0 Å². The molecule has 0 saturated carbocycles. The lowest BCUT2D eigenvalue weighted by molar-refractivity contribution is 0.0989. The Bertz CT molecular complexity index is 2630. The van der Waals surface area contributed by atoms with Gasteiger partial charge in [0.15, 0.2) is 12.5 Å². The maximum Gasteiger partial charge on any atom is 0.232 e. The lowest BCUT2D eigenvalue weighted by Gasteiger charge is -2.23. The molecule has 0 atom stereocenters. The van der Waals surface area contributed by atoms with Gasteiger partial charge in [0.1, 0.15) is 40.2 Å². The number of fused-ring (bicyclic) bond motifs is 6. The molecule has 13 heteroatoms. The molecule has 0 aliphatic carbocycles. The molecule has 1 aliphatic rings. The van der Waals surface area contributed by atoms with Crippen LogP contribution in [0.2, 0.25) is 0 Å². The third-order valence-corrected chi connectivity index (χ3v) is 10.1. The van der Waals surface area contributed by atoms with Crippen molar-refractivity contribution in [1.82, 2.24) is 14.5 Å². The van der Waals surface area contributed by atoms with Crippen LogP contribution in [0.25, 0.3) is 55.8 Å². The fourth-order valence-electron chi connectivity index (χ4n) is 6.25. The Morgan fingerprint density at radius 1 is 1.00 bits per heavy atom. The van der Waals surface area contributed by atoms with Gasteiger partial charge in [0.25, 0.3) is 0 Å². The van der Waals surface area contributed by atoms with E-state index < -0.39 is 15.8 Å². The van der Waals surface area contributed by atoms with E-state index in [1.165, 1.54) is 43.6 Å². The number of ketones is 1. The summed E-state index contributed by atoms with van der Waals surface area (Å²) < 4.78 is 75.0. The van der Waals surface area contributed by atoms with Crippen molar-refractivity contribution in [3.05, 3.63) is 108 Å². The van der Waals surface area contributed by atoms with E-state index in [1.807, 2.05) is 4.57 Å². The normalized spacial score (nSPS) is 12.4. The molecule has 0 bridgehead atoms. The van der Waals surface area contributed by atoms with Gasteiger partial charge >= 0.3 is 0 Å². The average molecular weight is 707 g/mol. The predicted octanol–water partition coefficient (Wildman–Crippen LogP) is 8.59. The number of Topliss-reactive ketones (excluding diaryl/α,β-unsaturated/α-hetero) is 1.